The van der Waals surface area contributed by atoms with Crippen molar-refractivity contribution in [3.05, 3.63) is 83.7 Å². The highest BCUT2D eigenvalue weighted by molar-refractivity contribution is 5.79. The first-order valence-corrected chi connectivity index (χ1v) is 11.1. The molecule has 1 aromatic heterocycles. The summed E-state index contributed by atoms with van der Waals surface area (Å²) < 4.78 is 1.86. The molecule has 0 spiro atoms. The van der Waals surface area contributed by atoms with Gasteiger partial charge in [0.2, 0.25) is 0 Å². The van der Waals surface area contributed by atoms with Crippen molar-refractivity contribution < 1.29 is 0 Å². The molecule has 6 heteroatoms. The molecule has 6 nitrogen and oxygen atoms in total. The zero-order chi connectivity index (χ0) is 21.3. The van der Waals surface area contributed by atoms with Gasteiger partial charge in [-0.05, 0) is 60.8 Å². The predicted octanol–water partition coefficient (Wildman–Crippen LogP) is 3.72. The van der Waals surface area contributed by atoms with Crippen LogP contribution in [0.15, 0.2) is 72.0 Å². The lowest BCUT2D eigenvalue weighted by molar-refractivity contribution is 0.221. The summed E-state index contributed by atoms with van der Waals surface area (Å²) in [6.45, 7) is 5.00. The summed E-state index contributed by atoms with van der Waals surface area (Å²) in [6, 6.07) is 19.2. The van der Waals surface area contributed by atoms with Gasteiger partial charge >= 0.3 is 0 Å². The van der Waals surface area contributed by atoms with Crippen molar-refractivity contribution in [1.82, 2.24) is 25.3 Å². The van der Waals surface area contributed by atoms with Crippen LogP contribution in [0.3, 0.4) is 0 Å². The summed E-state index contributed by atoms with van der Waals surface area (Å²) in [7, 11) is 1.80. The van der Waals surface area contributed by atoms with Gasteiger partial charge < -0.3 is 10.6 Å². The third-order valence-electron chi connectivity index (χ3n) is 5.73. The zero-order valence-electron chi connectivity index (χ0n) is 18.3. The largest absolute Gasteiger partial charge is 0.352 e. The van der Waals surface area contributed by atoms with Gasteiger partial charge in [0, 0.05) is 39.1 Å². The molecule has 4 rings (SSSR count). The molecule has 0 aliphatic carbocycles. The van der Waals surface area contributed by atoms with E-state index in [0.717, 1.165) is 24.7 Å². The van der Waals surface area contributed by atoms with Crippen LogP contribution in [0.2, 0.25) is 0 Å². The fourth-order valence-electron chi connectivity index (χ4n) is 3.92. The third kappa shape index (κ3) is 6.18. The smallest absolute Gasteiger partial charge is 0.191 e. The summed E-state index contributed by atoms with van der Waals surface area (Å²) in [5.41, 5.74) is 4.90. The minimum atomic E-state index is 0.716. The average molecular weight is 417 g/mol. The molecule has 0 radical (unpaired) electrons. The van der Waals surface area contributed by atoms with Gasteiger partial charge in [-0.1, -0.05) is 42.8 Å². The second kappa shape index (κ2) is 10.8. The lowest BCUT2D eigenvalue weighted by Gasteiger charge is -2.26. The first-order valence-electron chi connectivity index (χ1n) is 11.1. The van der Waals surface area contributed by atoms with E-state index in [-0.39, 0.29) is 0 Å². The molecule has 2 heterocycles. The van der Waals surface area contributed by atoms with Crippen LogP contribution in [0, 0.1) is 0 Å². The Hall–Kier alpha value is -3.12. The van der Waals surface area contributed by atoms with Crippen LogP contribution >= 0.6 is 0 Å². The fourth-order valence-corrected chi connectivity index (χ4v) is 3.92. The number of piperidine rings is 1. The van der Waals surface area contributed by atoms with Crippen molar-refractivity contribution in [1.29, 1.82) is 0 Å². The molecule has 1 saturated heterocycles. The Bertz CT molecular complexity index is 939. The van der Waals surface area contributed by atoms with Crippen LogP contribution in [0.1, 0.15) is 36.0 Å². The first kappa shape index (κ1) is 21.1. The molecule has 1 aliphatic rings. The van der Waals surface area contributed by atoms with Gasteiger partial charge in [-0.3, -0.25) is 9.89 Å². The van der Waals surface area contributed by atoms with Crippen LogP contribution in [0.25, 0.3) is 5.69 Å². The Morgan fingerprint density at radius 1 is 0.871 bits per heavy atom. The molecule has 2 aromatic carbocycles. The molecule has 0 saturated carbocycles. The molecule has 3 aromatic rings. The number of aliphatic imine (C=N–C) groups is 1. The highest BCUT2D eigenvalue weighted by Gasteiger charge is 2.10. The van der Waals surface area contributed by atoms with Gasteiger partial charge in [0.1, 0.15) is 0 Å². The Labute approximate surface area is 185 Å². The van der Waals surface area contributed by atoms with E-state index < -0.39 is 0 Å². The monoisotopic (exact) mass is 416 g/mol. The van der Waals surface area contributed by atoms with E-state index in [9.17, 15) is 0 Å². The number of nitrogens with one attached hydrogen (secondary N) is 2. The van der Waals surface area contributed by atoms with Crippen LogP contribution in [-0.2, 0) is 19.6 Å². The molecule has 31 heavy (non-hydrogen) atoms. The third-order valence-corrected chi connectivity index (χ3v) is 5.73. The molecular weight excluding hydrogens is 384 g/mol. The van der Waals surface area contributed by atoms with Gasteiger partial charge in [0.15, 0.2) is 5.96 Å². The Morgan fingerprint density at radius 2 is 1.48 bits per heavy atom. The van der Waals surface area contributed by atoms with Gasteiger partial charge in [-0.15, -0.1) is 0 Å². The van der Waals surface area contributed by atoms with Crippen LogP contribution < -0.4 is 10.6 Å². The summed E-state index contributed by atoms with van der Waals surface area (Å²) in [5, 5.41) is 11.1. The molecule has 2 N–H and O–H groups in total. The Balaban J connectivity index is 1.23. The van der Waals surface area contributed by atoms with Crippen molar-refractivity contribution >= 4 is 5.96 Å². The summed E-state index contributed by atoms with van der Waals surface area (Å²) in [5.74, 6) is 0.800. The second-order valence-corrected chi connectivity index (χ2v) is 8.05. The number of nitrogens with zero attached hydrogens (tertiary/aromatic N) is 4. The topological polar surface area (TPSA) is 57.5 Å². The minimum absolute atomic E-state index is 0.716. The molecule has 162 valence electrons. The quantitative estimate of drug-likeness (QED) is 0.455. The number of guanidine groups is 1. The van der Waals surface area contributed by atoms with E-state index in [2.05, 4.69) is 74.2 Å². The van der Waals surface area contributed by atoms with Crippen LogP contribution in [0.5, 0.6) is 0 Å². The number of benzene rings is 2. The molecule has 1 aliphatic heterocycles. The van der Waals surface area contributed by atoms with E-state index in [1.165, 1.54) is 49.0 Å². The van der Waals surface area contributed by atoms with Crippen molar-refractivity contribution in [3.8, 4) is 5.69 Å². The van der Waals surface area contributed by atoms with Crippen molar-refractivity contribution in [2.45, 2.75) is 38.9 Å². The maximum Gasteiger partial charge on any atom is 0.191 e. The fraction of sp³-hybridized carbons (Fsp3) is 0.360. The van der Waals surface area contributed by atoms with Gasteiger partial charge in [-0.2, -0.15) is 5.10 Å². The van der Waals surface area contributed by atoms with E-state index in [1.54, 1.807) is 13.2 Å². The van der Waals surface area contributed by atoms with Gasteiger partial charge in [0.05, 0.1) is 5.69 Å². The van der Waals surface area contributed by atoms with E-state index in [4.69, 9.17) is 0 Å². The van der Waals surface area contributed by atoms with Crippen molar-refractivity contribution in [2.75, 3.05) is 20.1 Å². The van der Waals surface area contributed by atoms with Crippen LogP contribution in [-0.4, -0.2) is 40.8 Å². The first-order chi connectivity index (χ1) is 15.3. The summed E-state index contributed by atoms with van der Waals surface area (Å²) in [4.78, 5) is 6.90. The number of hydrogen-bond acceptors (Lipinski definition) is 3. The minimum Gasteiger partial charge on any atom is -0.352 e. The van der Waals surface area contributed by atoms with Crippen LogP contribution in [0.4, 0.5) is 0 Å². The maximum absolute atomic E-state index is 4.34. The van der Waals surface area contributed by atoms with E-state index in [1.807, 2.05) is 16.9 Å². The molecular formula is C25H32N6. The standard InChI is InChI=1S/C25H32N6/c1-26-25(28-19-22-10-12-24(13-11-22)31-17-5-14-29-31)27-18-21-6-8-23(9-7-21)20-30-15-3-2-4-16-30/h5-14,17H,2-4,15-16,18-20H2,1H3,(H2,26,27,28). The Morgan fingerprint density at radius 3 is 2.06 bits per heavy atom. The van der Waals surface area contributed by atoms with Crippen molar-refractivity contribution in [2.24, 2.45) is 4.99 Å². The molecule has 0 amide bonds. The normalized spacial score (nSPS) is 15.1. The molecule has 0 unspecified atom stereocenters. The highest BCUT2D eigenvalue weighted by Crippen LogP contribution is 2.14. The lowest BCUT2D eigenvalue weighted by Crippen LogP contribution is -2.36. The van der Waals surface area contributed by atoms with E-state index in [0.29, 0.717) is 6.54 Å². The number of rotatable bonds is 7. The average Bonchev–Trinajstić information content (AvgIpc) is 3.36. The lowest BCUT2D eigenvalue weighted by atomic mass is 10.1. The zero-order valence-corrected chi connectivity index (χ0v) is 18.3. The Kier molecular flexibility index (Phi) is 7.34. The molecule has 0 atom stereocenters. The van der Waals surface area contributed by atoms with E-state index >= 15 is 0 Å². The summed E-state index contributed by atoms with van der Waals surface area (Å²) >= 11 is 0. The predicted molar refractivity (Wildman–Crippen MR) is 126 cm³/mol. The second-order valence-electron chi connectivity index (χ2n) is 8.05. The van der Waals surface area contributed by atoms with Gasteiger partial charge in [-0.25, -0.2) is 4.68 Å². The maximum atomic E-state index is 4.34. The molecule has 0 bridgehead atoms. The number of likely N-dealkylation sites (tertiary alicyclic amines) is 1. The van der Waals surface area contributed by atoms with Gasteiger partial charge in [0.25, 0.3) is 0 Å². The molecule has 1 fully saturated rings. The number of hydrogen-bond donors (Lipinski definition) is 2. The summed E-state index contributed by atoms with van der Waals surface area (Å²) in [6.07, 6.45) is 7.78. The highest BCUT2D eigenvalue weighted by atomic mass is 15.3. The van der Waals surface area contributed by atoms with Crippen molar-refractivity contribution in [3.63, 3.8) is 0 Å². The number of aromatic nitrogens is 2. The SMILES string of the molecule is CN=C(NCc1ccc(CN2CCCCC2)cc1)NCc1ccc(-n2cccn2)cc1.